The molecule has 1 aliphatic rings. The maximum absolute atomic E-state index is 12.3. The van der Waals surface area contributed by atoms with Gasteiger partial charge in [0.1, 0.15) is 5.82 Å². The molecule has 2 aromatic carbocycles. The smallest absolute Gasteiger partial charge is 0.234 e. The Morgan fingerprint density at radius 1 is 1.07 bits per heavy atom. The average Bonchev–Trinajstić information content (AvgIpc) is 3.17. The number of aromatic nitrogens is 2. The number of para-hydroxylation sites is 2. The minimum Gasteiger partial charge on any atom is -0.352 e. The number of hydrogen-bond donors (Lipinski definition) is 3. The normalized spacial score (nSPS) is 20.8. The van der Waals surface area contributed by atoms with Gasteiger partial charge in [0, 0.05) is 18.0 Å². The van der Waals surface area contributed by atoms with Gasteiger partial charge in [-0.1, -0.05) is 42.5 Å². The largest absolute Gasteiger partial charge is 0.352 e. The summed E-state index contributed by atoms with van der Waals surface area (Å²) >= 11 is 0. The molecule has 0 spiro atoms. The van der Waals surface area contributed by atoms with Gasteiger partial charge in [0.05, 0.1) is 17.6 Å². The van der Waals surface area contributed by atoms with E-state index in [0.717, 1.165) is 42.5 Å². The van der Waals surface area contributed by atoms with E-state index in [2.05, 4.69) is 40.7 Å². The average molecular weight is 377 g/mol. The molecule has 3 N–H and O–H groups in total. The summed E-state index contributed by atoms with van der Waals surface area (Å²) < 4.78 is 0. The molecule has 28 heavy (non-hydrogen) atoms. The van der Waals surface area contributed by atoms with E-state index >= 15 is 0 Å². The molecule has 1 amide bonds. The van der Waals surface area contributed by atoms with E-state index in [0.29, 0.717) is 12.5 Å². The van der Waals surface area contributed by atoms with Crippen molar-refractivity contribution in [2.45, 2.75) is 50.6 Å². The topological polar surface area (TPSA) is 69.8 Å². The summed E-state index contributed by atoms with van der Waals surface area (Å²) in [6.07, 6.45) is 4.11. The van der Waals surface area contributed by atoms with Crippen LogP contribution in [-0.4, -0.2) is 28.5 Å². The Bertz CT molecular complexity index is 880. The first-order valence-electron chi connectivity index (χ1n) is 10.2. The van der Waals surface area contributed by atoms with Crippen molar-refractivity contribution >= 4 is 16.9 Å². The van der Waals surface area contributed by atoms with E-state index < -0.39 is 0 Å². The van der Waals surface area contributed by atoms with Crippen molar-refractivity contribution in [3.63, 3.8) is 0 Å². The zero-order valence-corrected chi connectivity index (χ0v) is 16.3. The van der Waals surface area contributed by atoms with Crippen LogP contribution in [0.15, 0.2) is 54.6 Å². The minimum atomic E-state index is 0.0787. The molecule has 146 valence electrons. The van der Waals surface area contributed by atoms with Gasteiger partial charge in [-0.25, -0.2) is 4.98 Å². The third-order valence-corrected chi connectivity index (χ3v) is 5.76. The van der Waals surface area contributed by atoms with Crippen LogP contribution < -0.4 is 10.6 Å². The second kappa shape index (κ2) is 8.57. The van der Waals surface area contributed by atoms with Crippen molar-refractivity contribution in [2.24, 2.45) is 0 Å². The minimum absolute atomic E-state index is 0.0787. The van der Waals surface area contributed by atoms with E-state index in [9.17, 15) is 4.79 Å². The van der Waals surface area contributed by atoms with Crippen molar-refractivity contribution in [3.05, 3.63) is 66.0 Å². The van der Waals surface area contributed by atoms with Crippen LogP contribution in [0.5, 0.6) is 0 Å². The second-order valence-electron chi connectivity index (χ2n) is 7.77. The number of H-pyrrole nitrogens is 1. The summed E-state index contributed by atoms with van der Waals surface area (Å²) in [5, 5.41) is 6.50. The molecule has 1 atom stereocenters. The molecule has 0 aliphatic heterocycles. The van der Waals surface area contributed by atoms with Gasteiger partial charge in [-0.3, -0.25) is 4.79 Å². The highest BCUT2D eigenvalue weighted by Crippen LogP contribution is 2.32. The summed E-state index contributed by atoms with van der Waals surface area (Å²) in [5.41, 5.74) is 3.33. The number of carbonyl (C=O) groups excluding carboxylic acids is 1. The molecule has 1 aliphatic carbocycles. The van der Waals surface area contributed by atoms with Gasteiger partial charge >= 0.3 is 0 Å². The Morgan fingerprint density at radius 2 is 1.79 bits per heavy atom. The van der Waals surface area contributed by atoms with E-state index in [1.165, 1.54) is 5.56 Å². The third kappa shape index (κ3) is 4.42. The van der Waals surface area contributed by atoms with Gasteiger partial charge in [0.2, 0.25) is 5.91 Å². The molecule has 1 heterocycles. The van der Waals surface area contributed by atoms with Gasteiger partial charge in [-0.2, -0.15) is 0 Å². The van der Waals surface area contributed by atoms with Crippen LogP contribution in [0, 0.1) is 0 Å². The Balaban J connectivity index is 1.23. The first-order valence-corrected chi connectivity index (χ1v) is 10.2. The molecule has 5 nitrogen and oxygen atoms in total. The van der Waals surface area contributed by atoms with Crippen LogP contribution in [0.2, 0.25) is 0 Å². The van der Waals surface area contributed by atoms with Crippen molar-refractivity contribution < 1.29 is 4.79 Å². The van der Waals surface area contributed by atoms with Crippen molar-refractivity contribution in [1.82, 2.24) is 20.6 Å². The predicted molar refractivity (Wildman–Crippen MR) is 112 cm³/mol. The van der Waals surface area contributed by atoms with Crippen molar-refractivity contribution in [3.8, 4) is 0 Å². The fourth-order valence-corrected chi connectivity index (χ4v) is 4.06. The fraction of sp³-hybridized carbons (Fsp3) is 0.391. The van der Waals surface area contributed by atoms with E-state index in [1.54, 1.807) is 0 Å². The Hall–Kier alpha value is -2.66. The molecule has 5 heteroatoms. The van der Waals surface area contributed by atoms with Crippen LogP contribution in [0.4, 0.5) is 0 Å². The molecular weight excluding hydrogens is 348 g/mol. The lowest BCUT2D eigenvalue weighted by molar-refractivity contribution is -0.121. The quantitative estimate of drug-likeness (QED) is 0.608. The summed E-state index contributed by atoms with van der Waals surface area (Å²) in [6.45, 7) is 2.43. The van der Waals surface area contributed by atoms with E-state index in [-0.39, 0.29) is 18.0 Å². The molecule has 1 aromatic heterocycles. The number of nitrogens with zero attached hydrogens (tertiary/aromatic N) is 1. The highest BCUT2D eigenvalue weighted by molar-refractivity contribution is 5.78. The maximum Gasteiger partial charge on any atom is 0.234 e. The fourth-order valence-electron chi connectivity index (χ4n) is 4.06. The number of imidazole rings is 1. The van der Waals surface area contributed by atoms with Crippen LogP contribution in [0.1, 0.15) is 56.0 Å². The monoisotopic (exact) mass is 376 g/mol. The Kier molecular flexibility index (Phi) is 5.72. The van der Waals surface area contributed by atoms with Gasteiger partial charge in [-0.15, -0.1) is 0 Å². The number of fused-ring (bicyclic) bond motifs is 1. The molecule has 0 saturated heterocycles. The predicted octanol–water partition coefficient (Wildman–Crippen LogP) is 4.06. The third-order valence-electron chi connectivity index (χ3n) is 5.76. The number of amides is 1. The lowest BCUT2D eigenvalue weighted by Crippen LogP contribution is -2.42. The van der Waals surface area contributed by atoms with Gasteiger partial charge in [0.25, 0.3) is 0 Å². The molecule has 3 aromatic rings. The first kappa shape index (κ1) is 18.7. The van der Waals surface area contributed by atoms with Gasteiger partial charge < -0.3 is 15.6 Å². The Morgan fingerprint density at radius 3 is 2.54 bits per heavy atom. The van der Waals surface area contributed by atoms with Crippen LogP contribution in [-0.2, 0) is 4.79 Å². The standard InChI is InChI=1S/C23H28N4O/c1-16(17-7-3-2-4-8-17)24-15-22(28)25-19-13-11-18(12-14-19)23-26-20-9-5-6-10-21(20)27-23/h2-10,16,18-19,24H,11-15H2,1H3,(H,25,28)(H,26,27)/t16-,18?,19?/m1/s1. The highest BCUT2D eigenvalue weighted by Gasteiger charge is 2.25. The lowest BCUT2D eigenvalue weighted by Gasteiger charge is -2.28. The summed E-state index contributed by atoms with van der Waals surface area (Å²) in [5.74, 6) is 1.62. The van der Waals surface area contributed by atoms with Crippen LogP contribution >= 0.6 is 0 Å². The summed E-state index contributed by atoms with van der Waals surface area (Å²) in [7, 11) is 0. The number of nitrogens with one attached hydrogen (secondary N) is 3. The first-order chi connectivity index (χ1) is 13.7. The second-order valence-corrected chi connectivity index (χ2v) is 7.77. The molecule has 1 fully saturated rings. The maximum atomic E-state index is 12.3. The number of carbonyl (C=O) groups is 1. The molecule has 1 saturated carbocycles. The lowest BCUT2D eigenvalue weighted by atomic mass is 9.85. The highest BCUT2D eigenvalue weighted by atomic mass is 16.2. The zero-order valence-electron chi connectivity index (χ0n) is 16.3. The molecule has 0 radical (unpaired) electrons. The SMILES string of the molecule is C[C@@H](NCC(=O)NC1CCC(c2nc3ccccc3[nH]2)CC1)c1ccccc1. The zero-order chi connectivity index (χ0) is 19.3. The molecule has 4 rings (SSSR count). The summed E-state index contributed by atoms with van der Waals surface area (Å²) in [6, 6.07) is 18.8. The van der Waals surface area contributed by atoms with E-state index in [1.807, 2.05) is 36.4 Å². The molecular formula is C23H28N4O. The summed E-state index contributed by atoms with van der Waals surface area (Å²) in [4.78, 5) is 20.5. The Labute approximate surface area is 166 Å². The number of rotatable bonds is 6. The molecule has 0 unspecified atom stereocenters. The van der Waals surface area contributed by atoms with Crippen molar-refractivity contribution in [2.75, 3.05) is 6.54 Å². The number of benzene rings is 2. The molecule has 0 bridgehead atoms. The van der Waals surface area contributed by atoms with Gasteiger partial charge in [0.15, 0.2) is 0 Å². The van der Waals surface area contributed by atoms with Gasteiger partial charge in [-0.05, 0) is 50.3 Å². The number of aromatic amines is 1. The number of hydrogen-bond acceptors (Lipinski definition) is 3. The van der Waals surface area contributed by atoms with E-state index in [4.69, 9.17) is 4.98 Å². The van der Waals surface area contributed by atoms with Crippen LogP contribution in [0.3, 0.4) is 0 Å². The van der Waals surface area contributed by atoms with Crippen molar-refractivity contribution in [1.29, 1.82) is 0 Å². The van der Waals surface area contributed by atoms with Crippen LogP contribution in [0.25, 0.3) is 11.0 Å².